The Kier molecular flexibility index (Phi) is 5.16. The second kappa shape index (κ2) is 7.98. The van der Waals surface area contributed by atoms with E-state index in [0.717, 1.165) is 28.4 Å². The maximum absolute atomic E-state index is 13.2. The van der Waals surface area contributed by atoms with Gasteiger partial charge in [-0.3, -0.25) is 9.98 Å². The lowest BCUT2D eigenvalue weighted by Crippen LogP contribution is -2.20. The highest BCUT2D eigenvalue weighted by Crippen LogP contribution is 2.39. The number of nitrogens with one attached hydrogen (secondary N) is 2. The number of anilines is 2. The molecule has 2 atom stereocenters. The average molecular weight is 424 g/mol. The molecule has 0 spiro atoms. The Hall–Kier alpha value is -2.90. The summed E-state index contributed by atoms with van der Waals surface area (Å²) in [5, 5.41) is 6.70. The fourth-order valence-electron chi connectivity index (χ4n) is 4.43. The van der Waals surface area contributed by atoms with Crippen molar-refractivity contribution in [2.45, 2.75) is 57.9 Å². The molecule has 1 unspecified atom stereocenters. The van der Waals surface area contributed by atoms with Crippen LogP contribution in [0, 0.1) is 5.92 Å². The van der Waals surface area contributed by atoms with Crippen LogP contribution in [-0.2, 0) is 0 Å². The Morgan fingerprint density at radius 3 is 2.84 bits per heavy atom. The quantitative estimate of drug-likeness (QED) is 0.669. The number of hydrogen-bond donors (Lipinski definition) is 2. The van der Waals surface area contributed by atoms with Crippen molar-refractivity contribution in [2.24, 2.45) is 10.9 Å². The Bertz CT molecular complexity index is 1060. The number of aromatic nitrogens is 3. The molecule has 2 N–H and O–H groups in total. The molecule has 8 heteroatoms. The van der Waals surface area contributed by atoms with Gasteiger partial charge in [-0.05, 0) is 51.2 Å². The smallest absolute Gasteiger partial charge is 0.239 e. The standard InChI is InChI=1S/C23H26F2N6/c1-12-9-15(10-20(24)25)21-19(28-12)6-5-18(30-21)16-7-8-26-22-17(16)11-27-23(31-22)29-13(2)14-3-4-14/h5-7,11,13-15,20H,3-4,8-10H2,1-2H3,(H2,26,27,29,31)/t13-,15?/m1/s1. The zero-order valence-corrected chi connectivity index (χ0v) is 17.7. The lowest BCUT2D eigenvalue weighted by Gasteiger charge is -2.24. The van der Waals surface area contributed by atoms with Crippen LogP contribution in [0.15, 0.2) is 29.4 Å². The Morgan fingerprint density at radius 2 is 2.06 bits per heavy atom. The molecule has 0 saturated heterocycles. The number of rotatable bonds is 6. The van der Waals surface area contributed by atoms with Crippen LogP contribution >= 0.6 is 0 Å². The fraction of sp³-hybridized carbons (Fsp3) is 0.478. The van der Waals surface area contributed by atoms with Crippen LogP contribution in [0.3, 0.4) is 0 Å². The van der Waals surface area contributed by atoms with Crippen LogP contribution in [0.5, 0.6) is 0 Å². The van der Waals surface area contributed by atoms with E-state index < -0.39 is 6.43 Å². The summed E-state index contributed by atoms with van der Waals surface area (Å²) >= 11 is 0. The van der Waals surface area contributed by atoms with E-state index in [1.54, 1.807) is 0 Å². The number of hydrogen-bond acceptors (Lipinski definition) is 6. The first-order valence-corrected chi connectivity index (χ1v) is 10.9. The second-order valence-electron chi connectivity index (χ2n) is 8.70. The van der Waals surface area contributed by atoms with Gasteiger partial charge in [0.2, 0.25) is 12.4 Å². The van der Waals surface area contributed by atoms with Crippen LogP contribution in [0.25, 0.3) is 5.57 Å². The Labute approximate surface area is 180 Å². The summed E-state index contributed by atoms with van der Waals surface area (Å²) < 4.78 is 26.3. The number of halogens is 2. The topological polar surface area (TPSA) is 75.1 Å². The molecular weight excluding hydrogens is 398 g/mol. The van der Waals surface area contributed by atoms with Gasteiger partial charge in [0.25, 0.3) is 0 Å². The fourth-order valence-corrected chi connectivity index (χ4v) is 4.43. The highest BCUT2D eigenvalue weighted by molar-refractivity contribution is 5.89. The molecule has 0 aromatic carbocycles. The summed E-state index contributed by atoms with van der Waals surface area (Å²) in [6.45, 7) is 4.66. The predicted molar refractivity (Wildman–Crippen MR) is 118 cm³/mol. The minimum atomic E-state index is -2.37. The van der Waals surface area contributed by atoms with E-state index in [0.29, 0.717) is 42.3 Å². The van der Waals surface area contributed by atoms with Crippen molar-refractivity contribution in [3.8, 4) is 0 Å². The first kappa shape index (κ1) is 20.0. The number of aliphatic imine (C=N–C) groups is 1. The van der Waals surface area contributed by atoms with Crippen LogP contribution in [-0.4, -0.2) is 39.7 Å². The maximum Gasteiger partial charge on any atom is 0.239 e. The van der Waals surface area contributed by atoms with Gasteiger partial charge in [-0.2, -0.15) is 4.98 Å². The summed E-state index contributed by atoms with van der Waals surface area (Å²) in [5.74, 6) is 1.76. The summed E-state index contributed by atoms with van der Waals surface area (Å²) in [5.41, 5.74) is 4.74. The largest absolute Gasteiger partial charge is 0.366 e. The van der Waals surface area contributed by atoms with Gasteiger partial charge in [0.1, 0.15) is 5.82 Å². The van der Waals surface area contributed by atoms with Crippen LogP contribution in [0.2, 0.25) is 0 Å². The van der Waals surface area contributed by atoms with Crippen molar-refractivity contribution >= 4 is 28.7 Å². The Balaban J connectivity index is 1.45. The van der Waals surface area contributed by atoms with Gasteiger partial charge in [0.05, 0.1) is 17.1 Å². The normalized spacial score (nSPS) is 20.9. The molecule has 0 radical (unpaired) electrons. The summed E-state index contributed by atoms with van der Waals surface area (Å²) in [4.78, 5) is 18.5. The molecule has 31 heavy (non-hydrogen) atoms. The molecule has 2 aromatic rings. The molecule has 6 nitrogen and oxygen atoms in total. The summed E-state index contributed by atoms with van der Waals surface area (Å²) in [6.07, 6.45) is 4.30. The van der Waals surface area contributed by atoms with Crippen LogP contribution in [0.1, 0.15) is 62.4 Å². The van der Waals surface area contributed by atoms with E-state index in [9.17, 15) is 8.78 Å². The molecule has 1 saturated carbocycles. The third-order valence-corrected chi connectivity index (χ3v) is 6.22. The van der Waals surface area contributed by atoms with Crippen molar-refractivity contribution < 1.29 is 8.78 Å². The van der Waals surface area contributed by atoms with Crippen molar-refractivity contribution in [2.75, 3.05) is 17.2 Å². The number of pyridine rings is 1. The van der Waals surface area contributed by atoms with Gasteiger partial charge in [-0.1, -0.05) is 6.08 Å². The number of alkyl halides is 2. The van der Waals surface area contributed by atoms with Gasteiger partial charge in [0, 0.05) is 48.0 Å². The SMILES string of the molecule is CC1=Nc2ccc(C3=CCNc4nc(N[C@H](C)C5CC5)ncc43)nc2C(CC(F)F)C1. The molecule has 1 fully saturated rings. The second-order valence-corrected chi connectivity index (χ2v) is 8.70. The molecule has 0 bridgehead atoms. The van der Waals surface area contributed by atoms with Crippen molar-refractivity contribution in [3.05, 3.63) is 41.4 Å². The molecule has 1 aliphatic carbocycles. The minimum absolute atomic E-state index is 0.204. The summed E-state index contributed by atoms with van der Waals surface area (Å²) in [6, 6.07) is 4.15. The third-order valence-electron chi connectivity index (χ3n) is 6.22. The number of fused-ring (bicyclic) bond motifs is 2. The van der Waals surface area contributed by atoms with Gasteiger partial charge in [-0.15, -0.1) is 0 Å². The summed E-state index contributed by atoms with van der Waals surface area (Å²) in [7, 11) is 0. The third kappa shape index (κ3) is 4.16. The highest BCUT2D eigenvalue weighted by atomic mass is 19.3. The molecule has 2 aliphatic heterocycles. The zero-order chi connectivity index (χ0) is 21.5. The van der Waals surface area contributed by atoms with E-state index in [4.69, 9.17) is 4.98 Å². The first-order valence-electron chi connectivity index (χ1n) is 10.9. The zero-order valence-electron chi connectivity index (χ0n) is 17.7. The van der Waals surface area contributed by atoms with E-state index in [1.807, 2.05) is 31.3 Å². The highest BCUT2D eigenvalue weighted by Gasteiger charge is 2.29. The van der Waals surface area contributed by atoms with Gasteiger partial charge in [0.15, 0.2) is 0 Å². The van der Waals surface area contributed by atoms with E-state index in [1.165, 1.54) is 12.8 Å². The van der Waals surface area contributed by atoms with Gasteiger partial charge >= 0.3 is 0 Å². The lowest BCUT2D eigenvalue weighted by atomic mass is 9.90. The molecule has 2 aromatic heterocycles. The Morgan fingerprint density at radius 1 is 1.23 bits per heavy atom. The monoisotopic (exact) mass is 424 g/mol. The van der Waals surface area contributed by atoms with Gasteiger partial charge < -0.3 is 10.6 Å². The van der Waals surface area contributed by atoms with Crippen LogP contribution < -0.4 is 10.6 Å². The van der Waals surface area contributed by atoms with E-state index >= 15 is 0 Å². The molecule has 4 heterocycles. The van der Waals surface area contributed by atoms with Crippen molar-refractivity contribution in [3.63, 3.8) is 0 Å². The first-order chi connectivity index (χ1) is 15.0. The van der Waals surface area contributed by atoms with Crippen LogP contribution in [0.4, 0.5) is 26.2 Å². The molecule has 5 rings (SSSR count). The number of nitrogens with zero attached hydrogens (tertiary/aromatic N) is 4. The minimum Gasteiger partial charge on any atom is -0.366 e. The maximum atomic E-state index is 13.2. The molecule has 0 amide bonds. The molecular formula is C23H26F2N6. The molecule has 3 aliphatic rings. The van der Waals surface area contributed by atoms with Gasteiger partial charge in [-0.25, -0.2) is 13.8 Å². The molecule has 162 valence electrons. The van der Waals surface area contributed by atoms with Crippen molar-refractivity contribution in [1.29, 1.82) is 0 Å². The predicted octanol–water partition coefficient (Wildman–Crippen LogP) is 5.17. The van der Waals surface area contributed by atoms with Crippen molar-refractivity contribution in [1.82, 2.24) is 15.0 Å². The lowest BCUT2D eigenvalue weighted by molar-refractivity contribution is 0.128. The average Bonchev–Trinajstić information content (AvgIpc) is 3.58. The van der Waals surface area contributed by atoms with E-state index in [-0.39, 0.29) is 12.3 Å². The van der Waals surface area contributed by atoms with E-state index in [2.05, 4.69) is 32.5 Å².